The first kappa shape index (κ1) is 77.3. The molecule has 0 aromatic heterocycles. The number of hydrogen-bond donors (Lipinski definition) is 5. The minimum atomic E-state index is -1.21. The lowest BCUT2D eigenvalue weighted by Gasteiger charge is -2.39. The molecule has 2 heterocycles. The Bertz CT molecular complexity index is 2360. The third kappa shape index (κ3) is 22.3. The van der Waals surface area contributed by atoms with E-state index in [2.05, 4.69) is 33.5 Å². The Hall–Kier alpha value is -5.16. The molecule has 4 aliphatic rings. The number of alkyl halides is 2. The summed E-state index contributed by atoms with van der Waals surface area (Å²) in [5, 5.41) is 15.0. The minimum absolute atomic E-state index is 0.000559. The van der Waals surface area contributed by atoms with Gasteiger partial charge in [-0.25, -0.2) is 4.39 Å². The number of hydrogen-bond acceptors (Lipinski definition) is 12. The Labute approximate surface area is 542 Å². The molecule has 0 bridgehead atoms. The van der Waals surface area contributed by atoms with E-state index >= 15 is 19.2 Å². The molecule has 11 atom stereocenters. The highest BCUT2D eigenvalue weighted by atomic mass is 35.5. The fourth-order valence-electron chi connectivity index (χ4n) is 13.6. The molecule has 24 heteroatoms. The molecule has 514 valence electrons. The smallest absolute Gasteiger partial charge is 0.246 e. The molecule has 0 aromatic rings. The van der Waals surface area contributed by atoms with Crippen LogP contribution in [0.3, 0.4) is 0 Å². The van der Waals surface area contributed by atoms with Gasteiger partial charge in [-0.15, -0.1) is 11.6 Å². The molecule has 2 aliphatic carbocycles. The second kappa shape index (κ2) is 38.1. The number of methoxy groups -OCH3 is 1. The quantitative estimate of drug-likeness (QED) is 0.0886. The van der Waals surface area contributed by atoms with Gasteiger partial charge in [0.15, 0.2) is 0 Å². The number of ether oxygens (including phenoxy) is 1. The SMILES string of the molecule is CCCCN1CC(=O)NC(CC2CCC(F)CC2)C(=O)N(C)C(C(C)C)C(=O)N[C@@H](CC2CCC(Cl)CC2)C(=O)N(C)[C@@H](CC(CC)CCC)C(=O)N2CCC[C@@H]2C(=O)N[C@@H](CCOC)C(=O)N(C)[C@@H](C)C(=O)NC(CC(C)CNCC)C(=O)N(C)[C@H](C)C1=O. The number of carbonyl (C=O) groups is 10. The van der Waals surface area contributed by atoms with E-state index in [0.29, 0.717) is 77.3 Å². The number of amides is 10. The average molecular weight is 1290 g/mol. The lowest BCUT2D eigenvalue weighted by atomic mass is 9.83. The Morgan fingerprint density at radius 1 is 0.622 bits per heavy atom. The maximum atomic E-state index is 15.6. The van der Waals surface area contributed by atoms with Gasteiger partial charge in [0.2, 0.25) is 59.1 Å². The first-order valence-electron chi connectivity index (χ1n) is 34.0. The van der Waals surface area contributed by atoms with Gasteiger partial charge in [0, 0.05) is 60.4 Å². The van der Waals surface area contributed by atoms with Gasteiger partial charge in [-0.2, -0.15) is 0 Å². The summed E-state index contributed by atoms with van der Waals surface area (Å²) in [5.41, 5.74) is 0. The van der Waals surface area contributed by atoms with Crippen LogP contribution in [0, 0.1) is 29.6 Å². The molecule has 0 radical (unpaired) electrons. The Balaban J connectivity index is 1.92. The lowest BCUT2D eigenvalue weighted by Crippen LogP contribution is -2.61. The molecule has 4 rings (SSSR count). The van der Waals surface area contributed by atoms with Crippen LogP contribution in [-0.4, -0.2) is 229 Å². The summed E-state index contributed by atoms with van der Waals surface area (Å²) >= 11 is 6.60. The van der Waals surface area contributed by atoms with Gasteiger partial charge in [0.1, 0.15) is 60.5 Å². The first-order valence-corrected chi connectivity index (χ1v) is 34.4. The second-order valence-corrected chi connectivity index (χ2v) is 27.5. The number of unbranched alkanes of at least 4 members (excludes halogenated alkanes) is 1. The van der Waals surface area contributed by atoms with E-state index in [0.717, 1.165) is 12.8 Å². The molecule has 5 N–H and O–H groups in total. The van der Waals surface area contributed by atoms with Crippen molar-refractivity contribution in [1.29, 1.82) is 0 Å². The lowest BCUT2D eigenvalue weighted by molar-refractivity contribution is -0.151. The predicted octanol–water partition coefficient (Wildman–Crippen LogP) is 5.56. The Morgan fingerprint density at radius 2 is 1.18 bits per heavy atom. The molecular weight excluding hydrogens is 1180 g/mol. The number of nitrogens with one attached hydrogen (secondary N) is 5. The van der Waals surface area contributed by atoms with Crippen molar-refractivity contribution in [2.45, 2.75) is 257 Å². The van der Waals surface area contributed by atoms with E-state index in [1.165, 1.54) is 64.6 Å². The maximum Gasteiger partial charge on any atom is 0.246 e. The molecule has 22 nitrogen and oxygen atoms in total. The maximum absolute atomic E-state index is 15.6. The van der Waals surface area contributed by atoms with E-state index in [9.17, 15) is 33.2 Å². The Morgan fingerprint density at radius 3 is 1.76 bits per heavy atom. The van der Waals surface area contributed by atoms with Crippen LogP contribution in [0.1, 0.15) is 191 Å². The predicted molar refractivity (Wildman–Crippen MR) is 346 cm³/mol. The number of fused-ring (bicyclic) bond motifs is 1. The van der Waals surface area contributed by atoms with Crippen molar-refractivity contribution in [3.05, 3.63) is 0 Å². The van der Waals surface area contributed by atoms with Crippen molar-refractivity contribution in [2.75, 3.05) is 74.6 Å². The third-order valence-corrected chi connectivity index (χ3v) is 20.1. The van der Waals surface area contributed by atoms with Crippen LogP contribution in [0.4, 0.5) is 4.39 Å². The largest absolute Gasteiger partial charge is 0.385 e. The van der Waals surface area contributed by atoms with Crippen molar-refractivity contribution >= 4 is 70.7 Å². The third-order valence-electron chi connectivity index (χ3n) is 19.6. The highest BCUT2D eigenvalue weighted by molar-refractivity contribution is 6.20. The Kier molecular flexibility index (Phi) is 32.7. The molecule has 0 aromatic carbocycles. The molecule has 10 amide bonds. The summed E-state index contributed by atoms with van der Waals surface area (Å²) < 4.78 is 20.0. The second-order valence-electron chi connectivity index (χ2n) is 26.9. The highest BCUT2D eigenvalue weighted by Crippen LogP contribution is 2.34. The molecule has 2 saturated heterocycles. The fourth-order valence-corrected chi connectivity index (χ4v) is 13.8. The summed E-state index contributed by atoms with van der Waals surface area (Å²) in [7, 11) is 7.40. The van der Waals surface area contributed by atoms with Gasteiger partial charge in [-0.1, -0.05) is 74.1 Å². The van der Waals surface area contributed by atoms with E-state index in [1.54, 1.807) is 27.8 Å². The molecule has 5 unspecified atom stereocenters. The standard InChI is InChI=1S/C66H115ClFN11O11/c1-15-19-32-78-40-56(80)70-52(36-47-25-29-49(68)30-26-47)65(88)77(13)57(41(5)6)60(83)73-53(37-46-23-27-48(67)28-24-46)64(87)76(12)55(38-45(17-3)21-16-2)66(89)79-33-20-22-54(79)59(82)71-50(31-34-90-14)62(85)74(10)43(8)58(81)72-51(35-42(7)39-69-18-4)63(86)75(11)44(9)61(78)84/h41-55,57,69H,15-40H2,1-14H3,(H,70,80)(H,71,82)(H,72,81)(H,73,83)/t42?,43-,44+,45?,46?,47?,48?,49?,50-,51?,52?,53-,54+,55-,57?/m0/s1. The van der Waals surface area contributed by atoms with Crippen molar-refractivity contribution in [3.8, 4) is 0 Å². The zero-order valence-electron chi connectivity index (χ0n) is 57.1. The van der Waals surface area contributed by atoms with Crippen LogP contribution >= 0.6 is 11.6 Å². The number of halogens is 2. The van der Waals surface area contributed by atoms with Gasteiger partial charge in [0.05, 0.1) is 6.54 Å². The summed E-state index contributed by atoms with van der Waals surface area (Å²) in [5.74, 6) is -6.75. The zero-order valence-corrected chi connectivity index (χ0v) is 57.8. The van der Waals surface area contributed by atoms with Crippen LogP contribution in [0.25, 0.3) is 0 Å². The van der Waals surface area contributed by atoms with Crippen LogP contribution in [0.15, 0.2) is 0 Å². The summed E-state index contributed by atoms with van der Waals surface area (Å²) in [6.45, 7) is 17.5. The van der Waals surface area contributed by atoms with Gasteiger partial charge in [-0.05, 0) is 159 Å². The molecule has 90 heavy (non-hydrogen) atoms. The van der Waals surface area contributed by atoms with Crippen LogP contribution in [0.2, 0.25) is 0 Å². The molecule has 2 saturated carbocycles. The normalized spacial score (nSPS) is 30.3. The van der Waals surface area contributed by atoms with Crippen LogP contribution in [-0.2, 0) is 52.7 Å². The number of carbonyl (C=O) groups excluding carboxylic acids is 10. The molecule has 0 spiro atoms. The van der Waals surface area contributed by atoms with Gasteiger partial charge >= 0.3 is 0 Å². The molecule has 4 fully saturated rings. The van der Waals surface area contributed by atoms with Crippen LogP contribution < -0.4 is 26.6 Å². The summed E-state index contributed by atoms with van der Waals surface area (Å²) in [4.78, 5) is 157. The van der Waals surface area contributed by atoms with E-state index in [1.807, 2.05) is 27.7 Å². The van der Waals surface area contributed by atoms with Gasteiger partial charge in [0.25, 0.3) is 0 Å². The monoisotopic (exact) mass is 1290 g/mol. The fraction of sp³-hybridized carbons (Fsp3) is 0.848. The number of likely N-dealkylation sites (N-methyl/N-ethyl adjacent to an activating group) is 4. The molecule has 2 aliphatic heterocycles. The van der Waals surface area contributed by atoms with Gasteiger partial charge < -0.3 is 60.7 Å². The van der Waals surface area contributed by atoms with Crippen molar-refractivity contribution < 1.29 is 57.1 Å². The van der Waals surface area contributed by atoms with Gasteiger partial charge in [-0.3, -0.25) is 47.9 Å². The summed E-state index contributed by atoms with van der Waals surface area (Å²) in [6.07, 6.45) is 8.20. The van der Waals surface area contributed by atoms with Crippen molar-refractivity contribution in [2.24, 2.45) is 29.6 Å². The topological polar surface area (TPSA) is 260 Å². The average Bonchev–Trinajstić information content (AvgIpc) is 1.51. The van der Waals surface area contributed by atoms with Crippen LogP contribution in [0.5, 0.6) is 0 Å². The number of nitrogens with zero attached hydrogens (tertiary/aromatic N) is 6. The first-order chi connectivity index (χ1) is 42.6. The minimum Gasteiger partial charge on any atom is -0.385 e. The van der Waals surface area contributed by atoms with Crippen molar-refractivity contribution in [3.63, 3.8) is 0 Å². The van der Waals surface area contributed by atoms with Crippen molar-refractivity contribution in [1.82, 2.24) is 56.0 Å². The number of rotatable bonds is 21. The zero-order chi connectivity index (χ0) is 67.1. The van der Waals surface area contributed by atoms with E-state index < -0.39 is 132 Å². The summed E-state index contributed by atoms with van der Waals surface area (Å²) in [6, 6.07) is -10.4. The van der Waals surface area contributed by atoms with E-state index in [-0.39, 0.29) is 100 Å². The molecular formula is C66H115ClFN11O11. The van der Waals surface area contributed by atoms with E-state index in [4.69, 9.17) is 16.3 Å². The highest BCUT2D eigenvalue weighted by Gasteiger charge is 2.45.